The number of halogens is 1. The number of aliphatic hydroxyl groups is 2. The number of aliphatic imine (C=N–C) groups is 1. The van der Waals surface area contributed by atoms with Gasteiger partial charge in [0, 0.05) is 24.6 Å². The molecule has 0 aromatic rings. The molecule has 3 unspecified atom stereocenters. The van der Waals surface area contributed by atoms with Gasteiger partial charge in [0.15, 0.2) is 0 Å². The third-order valence-electron chi connectivity index (χ3n) is 3.17. The number of nitrogens with zero attached hydrogens (tertiary/aromatic N) is 1. The van der Waals surface area contributed by atoms with Crippen LogP contribution in [0.4, 0.5) is 4.39 Å². The van der Waals surface area contributed by atoms with Gasteiger partial charge in [0.2, 0.25) is 6.30 Å². The average Bonchev–Trinajstić information content (AvgIpc) is 2.41. The molecule has 0 aromatic carbocycles. The Bertz CT molecular complexity index is 313. The zero-order chi connectivity index (χ0) is 10.3. The highest BCUT2D eigenvalue weighted by atomic mass is 19.1. The number of alkyl halides is 1. The van der Waals surface area contributed by atoms with E-state index in [1.807, 2.05) is 6.92 Å². The summed E-state index contributed by atoms with van der Waals surface area (Å²) in [4.78, 5) is 3.60. The topological polar surface area (TPSA) is 52.8 Å². The molecule has 3 atom stereocenters. The average molecular weight is 199 g/mol. The molecule has 78 valence electrons. The van der Waals surface area contributed by atoms with Crippen molar-refractivity contribution in [1.29, 1.82) is 0 Å². The van der Waals surface area contributed by atoms with E-state index >= 15 is 0 Å². The van der Waals surface area contributed by atoms with E-state index in [-0.39, 0.29) is 12.0 Å². The molecule has 0 saturated carbocycles. The number of hydrogen-bond acceptors (Lipinski definition) is 3. The minimum absolute atomic E-state index is 0.206. The highest BCUT2D eigenvalue weighted by Gasteiger charge is 2.45. The Kier molecular flexibility index (Phi) is 2.20. The zero-order valence-corrected chi connectivity index (χ0v) is 8.07. The molecule has 2 N–H and O–H groups in total. The molecule has 4 heteroatoms. The number of rotatable bonds is 1. The van der Waals surface area contributed by atoms with E-state index in [1.165, 1.54) is 6.21 Å². The maximum Gasteiger partial charge on any atom is 0.213 e. The molecule has 0 radical (unpaired) electrons. The van der Waals surface area contributed by atoms with Crippen LogP contribution in [0, 0.1) is 0 Å². The second kappa shape index (κ2) is 3.14. The first kappa shape index (κ1) is 9.80. The van der Waals surface area contributed by atoms with Crippen LogP contribution in [0.2, 0.25) is 0 Å². The molecule has 1 aliphatic carbocycles. The van der Waals surface area contributed by atoms with Crippen LogP contribution < -0.4 is 0 Å². The summed E-state index contributed by atoms with van der Waals surface area (Å²) in [6.45, 7) is 1.83. The van der Waals surface area contributed by atoms with Crippen molar-refractivity contribution in [3.05, 3.63) is 11.1 Å². The summed E-state index contributed by atoms with van der Waals surface area (Å²) in [5.74, 6) is 0. The highest BCUT2D eigenvalue weighted by molar-refractivity contribution is 5.67. The molecule has 14 heavy (non-hydrogen) atoms. The molecule has 1 heterocycles. The lowest BCUT2D eigenvalue weighted by Crippen LogP contribution is -2.29. The van der Waals surface area contributed by atoms with Crippen molar-refractivity contribution >= 4 is 6.21 Å². The van der Waals surface area contributed by atoms with Crippen molar-refractivity contribution in [1.82, 2.24) is 0 Å². The molecule has 0 aromatic heterocycles. The summed E-state index contributed by atoms with van der Waals surface area (Å²) in [5, 5.41) is 19.8. The smallest absolute Gasteiger partial charge is 0.213 e. The van der Waals surface area contributed by atoms with E-state index in [9.17, 15) is 14.6 Å². The maximum atomic E-state index is 13.3. The van der Waals surface area contributed by atoms with Crippen LogP contribution in [0.1, 0.15) is 26.2 Å². The fourth-order valence-electron chi connectivity index (χ4n) is 2.31. The third-order valence-corrected chi connectivity index (χ3v) is 3.17. The Morgan fingerprint density at radius 3 is 3.07 bits per heavy atom. The van der Waals surface area contributed by atoms with Crippen LogP contribution in [-0.4, -0.2) is 34.4 Å². The van der Waals surface area contributed by atoms with Gasteiger partial charge in [-0.15, -0.1) is 0 Å². The van der Waals surface area contributed by atoms with Gasteiger partial charge in [-0.25, -0.2) is 4.39 Å². The highest BCUT2D eigenvalue weighted by Crippen LogP contribution is 2.43. The van der Waals surface area contributed by atoms with E-state index in [0.717, 1.165) is 0 Å². The molecular weight excluding hydrogens is 185 g/mol. The third kappa shape index (κ3) is 1.21. The van der Waals surface area contributed by atoms with Gasteiger partial charge in [0.1, 0.15) is 0 Å². The first-order valence-electron chi connectivity index (χ1n) is 4.88. The van der Waals surface area contributed by atoms with Crippen molar-refractivity contribution in [2.75, 3.05) is 0 Å². The minimum Gasteiger partial charge on any atom is -0.388 e. The number of hydrogen-bond donors (Lipinski definition) is 2. The molecule has 3 nitrogen and oxygen atoms in total. The summed E-state index contributed by atoms with van der Waals surface area (Å²) < 4.78 is 13.3. The Hall–Kier alpha value is -0.740. The molecule has 2 rings (SSSR count). The van der Waals surface area contributed by atoms with Gasteiger partial charge in [-0.3, -0.25) is 4.99 Å². The summed E-state index contributed by atoms with van der Waals surface area (Å²) in [6, 6.07) is 0. The zero-order valence-electron chi connectivity index (χ0n) is 8.07. The number of aliphatic hydroxyl groups excluding tert-OH is 1. The van der Waals surface area contributed by atoms with Gasteiger partial charge in [0.05, 0.1) is 11.7 Å². The summed E-state index contributed by atoms with van der Waals surface area (Å²) in [5.41, 5.74) is -0.0993. The van der Waals surface area contributed by atoms with Crippen LogP contribution in [-0.2, 0) is 0 Å². The fraction of sp³-hybridized carbons (Fsp3) is 0.700. The fourth-order valence-corrected chi connectivity index (χ4v) is 2.31. The van der Waals surface area contributed by atoms with E-state index in [2.05, 4.69) is 4.99 Å². The molecular formula is C10H14FNO2. The van der Waals surface area contributed by atoms with Crippen molar-refractivity contribution in [3.8, 4) is 0 Å². The Morgan fingerprint density at radius 2 is 2.43 bits per heavy atom. The lowest BCUT2D eigenvalue weighted by molar-refractivity contribution is 0.0444. The Morgan fingerprint density at radius 1 is 1.71 bits per heavy atom. The molecule has 0 fully saturated rings. The van der Waals surface area contributed by atoms with E-state index < -0.39 is 18.0 Å². The van der Waals surface area contributed by atoms with Gasteiger partial charge in [-0.2, -0.15) is 0 Å². The molecule has 0 bridgehead atoms. The van der Waals surface area contributed by atoms with Crippen LogP contribution in [0.5, 0.6) is 0 Å². The van der Waals surface area contributed by atoms with Gasteiger partial charge in [0.25, 0.3) is 0 Å². The second-order valence-electron chi connectivity index (χ2n) is 3.91. The quantitative estimate of drug-likeness (QED) is 0.488. The van der Waals surface area contributed by atoms with Crippen LogP contribution >= 0.6 is 0 Å². The summed E-state index contributed by atoms with van der Waals surface area (Å²) in [6.07, 6.45) is 0.303. The predicted molar refractivity (Wildman–Crippen MR) is 50.9 cm³/mol. The first-order chi connectivity index (χ1) is 6.58. The standard InChI is InChI=1S/C10H14FNO2/c1-2-10(14)5-7(13)8-6(10)3-4-12-9(8)11/h4,7,9,13-14H,2-3,5H2,1H3. The monoisotopic (exact) mass is 199 g/mol. The van der Waals surface area contributed by atoms with Crippen LogP contribution in [0.3, 0.4) is 0 Å². The van der Waals surface area contributed by atoms with Crippen LogP contribution in [0.15, 0.2) is 16.1 Å². The predicted octanol–water partition coefficient (Wildman–Crippen LogP) is 0.959. The van der Waals surface area contributed by atoms with Crippen molar-refractivity contribution in [3.63, 3.8) is 0 Å². The van der Waals surface area contributed by atoms with E-state index in [0.29, 0.717) is 18.4 Å². The molecule has 1 aliphatic heterocycles. The molecule has 0 saturated heterocycles. The van der Waals surface area contributed by atoms with Crippen molar-refractivity contribution < 1.29 is 14.6 Å². The van der Waals surface area contributed by atoms with E-state index in [4.69, 9.17) is 0 Å². The normalized spacial score (nSPS) is 41.7. The maximum absolute atomic E-state index is 13.3. The van der Waals surface area contributed by atoms with Gasteiger partial charge < -0.3 is 10.2 Å². The summed E-state index contributed by atoms with van der Waals surface area (Å²) in [7, 11) is 0. The van der Waals surface area contributed by atoms with Crippen molar-refractivity contribution in [2.24, 2.45) is 4.99 Å². The molecule has 2 aliphatic rings. The van der Waals surface area contributed by atoms with E-state index in [1.54, 1.807) is 0 Å². The second-order valence-corrected chi connectivity index (χ2v) is 3.91. The van der Waals surface area contributed by atoms with Gasteiger partial charge >= 0.3 is 0 Å². The molecule has 0 amide bonds. The largest absolute Gasteiger partial charge is 0.388 e. The Labute approximate surface area is 82.0 Å². The minimum atomic E-state index is -1.46. The molecule has 0 spiro atoms. The first-order valence-corrected chi connectivity index (χ1v) is 4.88. The lowest BCUT2D eigenvalue weighted by atomic mass is 9.89. The number of dihydropyridines is 1. The van der Waals surface area contributed by atoms with Gasteiger partial charge in [-0.05, 0) is 12.0 Å². The lowest BCUT2D eigenvalue weighted by Gasteiger charge is -2.25. The summed E-state index contributed by atoms with van der Waals surface area (Å²) >= 11 is 0. The van der Waals surface area contributed by atoms with Crippen LogP contribution in [0.25, 0.3) is 0 Å². The van der Waals surface area contributed by atoms with Gasteiger partial charge in [-0.1, -0.05) is 6.92 Å². The Balaban J connectivity index is 2.40. The SMILES string of the molecule is CCC1(O)CC(O)C2=C1CC=NC2F. The van der Waals surface area contributed by atoms with Crippen molar-refractivity contribution in [2.45, 2.75) is 44.2 Å².